The Labute approximate surface area is 108 Å². The summed E-state index contributed by atoms with van der Waals surface area (Å²) >= 11 is 11.4. The van der Waals surface area contributed by atoms with Crippen LogP contribution in [0.2, 0.25) is 5.02 Å². The van der Waals surface area contributed by atoms with Crippen LogP contribution in [0.5, 0.6) is 0 Å². The molecule has 0 atom stereocenters. The Hall–Kier alpha value is -1.39. The molecule has 0 radical (unpaired) electrons. The van der Waals surface area contributed by atoms with Gasteiger partial charge in [0, 0.05) is 10.6 Å². The van der Waals surface area contributed by atoms with Crippen molar-refractivity contribution in [3.63, 3.8) is 0 Å². The molecule has 2 aromatic rings. The summed E-state index contributed by atoms with van der Waals surface area (Å²) in [6.07, 6.45) is 0. The molecule has 0 spiro atoms. The molecule has 0 saturated carbocycles. The summed E-state index contributed by atoms with van der Waals surface area (Å²) in [5.74, 6) is -0.0598. The summed E-state index contributed by atoms with van der Waals surface area (Å²) in [6, 6.07) is 5.01. The molecule has 6 heteroatoms. The van der Waals surface area contributed by atoms with Crippen LogP contribution in [0.25, 0.3) is 0 Å². The van der Waals surface area contributed by atoms with Crippen LogP contribution in [-0.4, -0.2) is 15.9 Å². The number of nitrogens with zero attached hydrogens (tertiary/aromatic N) is 2. The van der Waals surface area contributed by atoms with E-state index in [9.17, 15) is 4.79 Å². The minimum absolute atomic E-state index is 0.0134. The SMILES string of the molecule is Cc1ccc(C(=O)c2noc(CCl)n2)cc1Cl. The Bertz CT molecular complexity index is 566. The van der Waals surface area contributed by atoms with Crippen LogP contribution in [0.15, 0.2) is 22.7 Å². The zero-order chi connectivity index (χ0) is 12.4. The van der Waals surface area contributed by atoms with Crippen molar-refractivity contribution in [1.82, 2.24) is 10.1 Å². The molecule has 0 bridgehead atoms. The standard InChI is InChI=1S/C11H8Cl2N2O2/c1-6-2-3-7(4-8(6)13)10(16)11-14-9(5-12)17-15-11/h2-4H,5H2,1H3. The fraction of sp³-hybridized carbons (Fsp3) is 0.182. The predicted octanol–water partition coefficient (Wildman–Crippen LogP) is 3.00. The number of alkyl halides is 1. The van der Waals surface area contributed by atoms with E-state index in [-0.39, 0.29) is 23.4 Å². The number of hydrogen-bond donors (Lipinski definition) is 0. The van der Waals surface area contributed by atoms with Gasteiger partial charge in [-0.2, -0.15) is 4.98 Å². The lowest BCUT2D eigenvalue weighted by Crippen LogP contribution is -2.04. The Morgan fingerprint density at radius 2 is 2.24 bits per heavy atom. The normalized spacial score (nSPS) is 10.5. The average molecular weight is 271 g/mol. The first-order valence-corrected chi connectivity index (χ1v) is 5.72. The number of ketones is 1. The van der Waals surface area contributed by atoms with E-state index in [1.165, 1.54) is 0 Å². The molecule has 0 aliphatic rings. The van der Waals surface area contributed by atoms with Crippen molar-refractivity contribution in [1.29, 1.82) is 0 Å². The maximum absolute atomic E-state index is 12.0. The maximum atomic E-state index is 12.0. The predicted molar refractivity (Wildman–Crippen MR) is 63.5 cm³/mol. The number of carbonyl (C=O) groups is 1. The lowest BCUT2D eigenvalue weighted by atomic mass is 10.1. The van der Waals surface area contributed by atoms with E-state index in [1.54, 1.807) is 18.2 Å². The molecule has 0 aliphatic carbocycles. The minimum Gasteiger partial charge on any atom is -0.338 e. The van der Waals surface area contributed by atoms with Gasteiger partial charge in [0.15, 0.2) is 0 Å². The number of hydrogen-bond acceptors (Lipinski definition) is 4. The van der Waals surface area contributed by atoms with Crippen molar-refractivity contribution in [3.05, 3.63) is 46.1 Å². The molecule has 0 aliphatic heterocycles. The van der Waals surface area contributed by atoms with E-state index in [4.69, 9.17) is 27.7 Å². The molecule has 0 N–H and O–H groups in total. The second-order valence-corrected chi connectivity index (χ2v) is 4.11. The Kier molecular flexibility index (Phi) is 3.45. The molecule has 0 fully saturated rings. The van der Waals surface area contributed by atoms with Gasteiger partial charge in [-0.05, 0) is 18.6 Å². The second-order valence-electron chi connectivity index (χ2n) is 3.44. The third-order valence-corrected chi connectivity index (χ3v) is 2.86. The summed E-state index contributed by atoms with van der Waals surface area (Å²) in [4.78, 5) is 15.8. The highest BCUT2D eigenvalue weighted by molar-refractivity contribution is 6.31. The number of rotatable bonds is 3. The molecule has 2 rings (SSSR count). The summed E-state index contributed by atoms with van der Waals surface area (Å²) in [5.41, 5.74) is 1.32. The van der Waals surface area contributed by atoms with Crippen LogP contribution < -0.4 is 0 Å². The van der Waals surface area contributed by atoms with Crippen LogP contribution in [0, 0.1) is 6.92 Å². The van der Waals surface area contributed by atoms with Crippen LogP contribution in [0.4, 0.5) is 0 Å². The number of aromatic nitrogens is 2. The van der Waals surface area contributed by atoms with Gasteiger partial charge in [-0.1, -0.05) is 28.9 Å². The molecular formula is C11H8Cl2N2O2. The number of carbonyl (C=O) groups excluding carboxylic acids is 1. The summed E-state index contributed by atoms with van der Waals surface area (Å²) in [7, 11) is 0. The Balaban J connectivity index is 2.33. The van der Waals surface area contributed by atoms with Crippen LogP contribution in [-0.2, 0) is 5.88 Å². The highest BCUT2D eigenvalue weighted by atomic mass is 35.5. The molecule has 1 heterocycles. The number of halogens is 2. The first kappa shape index (κ1) is 12.1. The van der Waals surface area contributed by atoms with Crippen LogP contribution >= 0.6 is 23.2 Å². The van der Waals surface area contributed by atoms with Gasteiger partial charge in [0.1, 0.15) is 5.88 Å². The molecular weight excluding hydrogens is 263 g/mol. The summed E-state index contributed by atoms with van der Waals surface area (Å²) in [5, 5.41) is 4.08. The van der Waals surface area contributed by atoms with Gasteiger partial charge in [0.25, 0.3) is 0 Å². The summed E-state index contributed by atoms with van der Waals surface area (Å²) in [6.45, 7) is 1.86. The third kappa shape index (κ3) is 2.48. The molecule has 88 valence electrons. The average Bonchev–Trinajstić information content (AvgIpc) is 2.80. The molecule has 0 unspecified atom stereocenters. The van der Waals surface area contributed by atoms with Crippen molar-refractivity contribution < 1.29 is 9.32 Å². The van der Waals surface area contributed by atoms with Crippen LogP contribution in [0.3, 0.4) is 0 Å². The topological polar surface area (TPSA) is 56.0 Å². The van der Waals surface area contributed by atoms with Gasteiger partial charge in [-0.15, -0.1) is 11.6 Å². The van der Waals surface area contributed by atoms with E-state index >= 15 is 0 Å². The molecule has 4 nitrogen and oxygen atoms in total. The highest BCUT2D eigenvalue weighted by Crippen LogP contribution is 2.18. The van der Waals surface area contributed by atoms with E-state index in [1.807, 2.05) is 6.92 Å². The fourth-order valence-electron chi connectivity index (χ4n) is 1.26. The van der Waals surface area contributed by atoms with Crippen molar-refractivity contribution in [2.45, 2.75) is 12.8 Å². The highest BCUT2D eigenvalue weighted by Gasteiger charge is 2.16. The molecule has 1 aromatic heterocycles. The van der Waals surface area contributed by atoms with Crippen molar-refractivity contribution >= 4 is 29.0 Å². The smallest absolute Gasteiger partial charge is 0.243 e. The third-order valence-electron chi connectivity index (χ3n) is 2.22. The van der Waals surface area contributed by atoms with Gasteiger partial charge < -0.3 is 4.52 Å². The van der Waals surface area contributed by atoms with Crippen LogP contribution in [0.1, 0.15) is 27.6 Å². The molecule has 1 aromatic carbocycles. The molecule has 17 heavy (non-hydrogen) atoms. The molecule has 0 amide bonds. The van der Waals surface area contributed by atoms with Gasteiger partial charge in [0.2, 0.25) is 17.5 Å². The van der Waals surface area contributed by atoms with E-state index < -0.39 is 0 Å². The zero-order valence-electron chi connectivity index (χ0n) is 8.91. The molecule has 0 saturated heterocycles. The lowest BCUT2D eigenvalue weighted by Gasteiger charge is -2.00. The largest absolute Gasteiger partial charge is 0.338 e. The van der Waals surface area contributed by atoms with Gasteiger partial charge in [0.05, 0.1) is 0 Å². The first-order chi connectivity index (χ1) is 8.11. The van der Waals surface area contributed by atoms with Crippen molar-refractivity contribution in [3.8, 4) is 0 Å². The van der Waals surface area contributed by atoms with E-state index in [0.717, 1.165) is 5.56 Å². The lowest BCUT2D eigenvalue weighted by molar-refractivity contribution is 0.102. The van der Waals surface area contributed by atoms with Crippen molar-refractivity contribution in [2.75, 3.05) is 0 Å². The monoisotopic (exact) mass is 270 g/mol. The quantitative estimate of drug-likeness (QED) is 0.636. The second kappa shape index (κ2) is 4.85. The van der Waals surface area contributed by atoms with Gasteiger partial charge >= 0.3 is 0 Å². The Morgan fingerprint density at radius 3 is 2.82 bits per heavy atom. The first-order valence-electron chi connectivity index (χ1n) is 4.81. The number of aryl methyl sites for hydroxylation is 1. The van der Waals surface area contributed by atoms with Gasteiger partial charge in [-0.25, -0.2) is 0 Å². The van der Waals surface area contributed by atoms with Gasteiger partial charge in [-0.3, -0.25) is 4.79 Å². The van der Waals surface area contributed by atoms with E-state index in [2.05, 4.69) is 10.1 Å². The van der Waals surface area contributed by atoms with E-state index in [0.29, 0.717) is 10.6 Å². The minimum atomic E-state index is -0.341. The van der Waals surface area contributed by atoms with Crippen molar-refractivity contribution in [2.24, 2.45) is 0 Å². The fourth-order valence-corrected chi connectivity index (χ4v) is 1.55. The zero-order valence-corrected chi connectivity index (χ0v) is 10.4. The maximum Gasteiger partial charge on any atom is 0.243 e. The Morgan fingerprint density at radius 1 is 1.47 bits per heavy atom. The number of benzene rings is 1. The summed E-state index contributed by atoms with van der Waals surface area (Å²) < 4.78 is 4.76.